The third-order valence-electron chi connectivity index (χ3n) is 5.35. The summed E-state index contributed by atoms with van der Waals surface area (Å²) in [5, 5.41) is 3.50. The van der Waals surface area contributed by atoms with Crippen molar-refractivity contribution in [3.05, 3.63) is 53.4 Å². The lowest BCUT2D eigenvalue weighted by molar-refractivity contribution is -0.137. The van der Waals surface area contributed by atoms with Crippen molar-refractivity contribution in [1.82, 2.24) is 10.2 Å². The predicted octanol–water partition coefficient (Wildman–Crippen LogP) is 3.00. The van der Waals surface area contributed by atoms with Gasteiger partial charge in [-0.25, -0.2) is 0 Å². The van der Waals surface area contributed by atoms with Gasteiger partial charge in [0.25, 0.3) is 11.8 Å². The first-order valence-corrected chi connectivity index (χ1v) is 11.9. The molecule has 0 radical (unpaired) electrons. The van der Waals surface area contributed by atoms with Crippen molar-refractivity contribution in [2.24, 2.45) is 16.6 Å². The van der Waals surface area contributed by atoms with Gasteiger partial charge in [-0.3, -0.25) is 9.59 Å². The Kier molecular flexibility index (Phi) is 8.93. The number of rotatable bonds is 10. The van der Waals surface area contributed by atoms with E-state index in [-0.39, 0.29) is 30.3 Å². The first-order chi connectivity index (χ1) is 16.5. The average molecular weight is 505 g/mol. The van der Waals surface area contributed by atoms with Crippen LogP contribution in [0.1, 0.15) is 34.1 Å². The summed E-state index contributed by atoms with van der Waals surface area (Å²) in [6, 6.07) is 6.22. The van der Waals surface area contributed by atoms with E-state index >= 15 is 0 Å². The highest BCUT2D eigenvalue weighted by Crippen LogP contribution is 2.28. The normalized spacial score (nSPS) is 21.0. The molecule has 1 fully saturated rings. The van der Waals surface area contributed by atoms with E-state index in [9.17, 15) is 9.59 Å². The largest absolute Gasteiger partial charge is 0.458 e. The Balaban J connectivity index is 1.59. The monoisotopic (exact) mass is 504 g/mol. The molecule has 2 heterocycles. The van der Waals surface area contributed by atoms with E-state index in [2.05, 4.69) is 10.3 Å². The van der Waals surface area contributed by atoms with Crippen molar-refractivity contribution in [3.63, 3.8) is 0 Å². The summed E-state index contributed by atoms with van der Waals surface area (Å²) >= 11 is 6.15. The Bertz CT molecular complexity index is 1020. The number of hydrogen-bond donors (Lipinski definition) is 2. The molecule has 3 N–H and O–H groups in total. The van der Waals surface area contributed by atoms with Crippen LogP contribution in [0.2, 0.25) is 5.02 Å². The van der Waals surface area contributed by atoms with E-state index in [0.717, 1.165) is 0 Å². The number of carbonyl (C=O) groups excluding carboxylic acids is 2. The maximum atomic E-state index is 13.0. The minimum Gasteiger partial charge on any atom is -0.458 e. The van der Waals surface area contributed by atoms with Gasteiger partial charge in [0.15, 0.2) is 5.79 Å². The van der Waals surface area contributed by atoms with Gasteiger partial charge < -0.3 is 30.2 Å². The fourth-order valence-corrected chi connectivity index (χ4v) is 3.93. The van der Waals surface area contributed by atoms with E-state index in [0.29, 0.717) is 36.1 Å². The Labute approximate surface area is 210 Å². The molecule has 1 aromatic rings. The number of para-hydroxylation sites is 1. The molecule has 0 aromatic heterocycles. The molecule has 3 rings (SSSR count). The van der Waals surface area contributed by atoms with Gasteiger partial charge in [0.2, 0.25) is 0 Å². The molecule has 0 spiro atoms. The molecular weight excluding hydrogens is 472 g/mol. The molecule has 2 unspecified atom stereocenters. The summed E-state index contributed by atoms with van der Waals surface area (Å²) in [6.45, 7) is 8.83. The van der Waals surface area contributed by atoms with E-state index in [1.165, 1.54) is 17.1 Å². The number of ether oxygens (including phenoxy) is 3. The number of halogens is 1. The Hall–Kier alpha value is -2.88. The average Bonchev–Trinajstić information content (AvgIpc) is 3.31. The van der Waals surface area contributed by atoms with Crippen LogP contribution < -0.4 is 15.8 Å². The Morgan fingerprint density at radius 3 is 2.80 bits per heavy atom. The van der Waals surface area contributed by atoms with Gasteiger partial charge >= 0.3 is 0 Å². The van der Waals surface area contributed by atoms with E-state index in [4.69, 9.17) is 31.5 Å². The van der Waals surface area contributed by atoms with Crippen LogP contribution in [0.25, 0.3) is 0 Å². The summed E-state index contributed by atoms with van der Waals surface area (Å²) in [4.78, 5) is 31.2. The molecule has 35 heavy (non-hydrogen) atoms. The van der Waals surface area contributed by atoms with Crippen molar-refractivity contribution < 1.29 is 23.8 Å². The first-order valence-electron chi connectivity index (χ1n) is 11.6. The Morgan fingerprint density at radius 2 is 2.14 bits per heavy atom. The number of hydrogen-bond acceptors (Lipinski definition) is 6. The highest BCUT2D eigenvalue weighted by atomic mass is 35.5. The molecule has 1 aromatic carbocycles. The van der Waals surface area contributed by atoms with E-state index in [1.54, 1.807) is 30.5 Å². The summed E-state index contributed by atoms with van der Waals surface area (Å²) in [7, 11) is 0. The summed E-state index contributed by atoms with van der Waals surface area (Å²) in [5.74, 6) is -0.361. The zero-order valence-corrected chi connectivity index (χ0v) is 21.2. The standard InChI is InChI=1S/C25H33ClN4O5/c1-16(2)11-20(30-14-17(12-23(30)31)34-21-8-6-5-7-19(21)26)24(32)29-22(27)9-10-28-13-18-15-33-25(3,4)35-18/h5-10,12,16,18,20,28H,11,13-15H2,1-4H3,(H2,27,29,32)/b10-9-. The third-order valence-corrected chi connectivity index (χ3v) is 5.66. The quantitative estimate of drug-likeness (QED) is 0.371. The van der Waals surface area contributed by atoms with Crippen molar-refractivity contribution in [3.8, 4) is 5.75 Å². The van der Waals surface area contributed by atoms with Gasteiger partial charge in [0.05, 0.1) is 18.2 Å². The van der Waals surface area contributed by atoms with Gasteiger partial charge in [-0.05, 0) is 44.4 Å². The van der Waals surface area contributed by atoms with Crippen molar-refractivity contribution >= 4 is 29.3 Å². The van der Waals surface area contributed by atoms with Crippen molar-refractivity contribution in [1.29, 1.82) is 0 Å². The number of aliphatic imine (C=N–C) groups is 1. The van der Waals surface area contributed by atoms with Gasteiger partial charge in [-0.2, -0.15) is 4.99 Å². The predicted molar refractivity (Wildman–Crippen MR) is 134 cm³/mol. The molecule has 0 saturated carbocycles. The van der Waals surface area contributed by atoms with Gasteiger partial charge in [0, 0.05) is 18.8 Å². The van der Waals surface area contributed by atoms with Gasteiger partial charge in [0.1, 0.15) is 29.5 Å². The van der Waals surface area contributed by atoms with Gasteiger partial charge in [-0.15, -0.1) is 0 Å². The molecule has 2 aliphatic heterocycles. The molecule has 10 heteroatoms. The molecule has 0 aliphatic carbocycles. The van der Waals surface area contributed by atoms with Crippen LogP contribution in [-0.4, -0.2) is 60.2 Å². The molecule has 0 bridgehead atoms. The number of benzene rings is 1. The van der Waals surface area contributed by atoms with Crippen LogP contribution in [0.5, 0.6) is 5.75 Å². The fourth-order valence-electron chi connectivity index (χ4n) is 3.76. The number of nitrogens with two attached hydrogens (primary N) is 1. The van der Waals surface area contributed by atoms with Crippen LogP contribution in [0.15, 0.2) is 53.4 Å². The fraction of sp³-hybridized carbons (Fsp3) is 0.480. The lowest BCUT2D eigenvalue weighted by Gasteiger charge is -2.26. The number of amidine groups is 1. The summed E-state index contributed by atoms with van der Waals surface area (Å²) < 4.78 is 17.0. The van der Waals surface area contributed by atoms with E-state index in [1.807, 2.05) is 27.7 Å². The zero-order chi connectivity index (χ0) is 25.6. The van der Waals surface area contributed by atoms with Crippen LogP contribution in [0, 0.1) is 5.92 Å². The second kappa shape index (κ2) is 11.7. The SMILES string of the molecule is CC(C)CC(C(=O)N=C(N)/C=C\NCC1COC(C)(C)O1)N1CC(Oc2ccccc2Cl)=CC1=O. The maximum Gasteiger partial charge on any atom is 0.270 e. The van der Waals surface area contributed by atoms with Crippen LogP contribution in [0.3, 0.4) is 0 Å². The zero-order valence-electron chi connectivity index (χ0n) is 20.5. The van der Waals surface area contributed by atoms with Crippen molar-refractivity contribution in [2.45, 2.75) is 52.0 Å². The van der Waals surface area contributed by atoms with Crippen LogP contribution in [0.4, 0.5) is 0 Å². The summed E-state index contributed by atoms with van der Waals surface area (Å²) in [6.07, 6.45) is 4.83. The second-order valence-corrected chi connectivity index (χ2v) is 9.73. The topological polar surface area (TPSA) is 115 Å². The molecular formula is C25H33ClN4O5. The third kappa shape index (κ3) is 7.81. The number of carbonyl (C=O) groups is 2. The maximum absolute atomic E-state index is 13.0. The molecule has 9 nitrogen and oxygen atoms in total. The summed E-state index contributed by atoms with van der Waals surface area (Å²) in [5.41, 5.74) is 5.95. The molecule has 1 saturated heterocycles. The Morgan fingerprint density at radius 1 is 1.40 bits per heavy atom. The highest BCUT2D eigenvalue weighted by Gasteiger charge is 2.35. The number of nitrogens with zero attached hydrogens (tertiary/aromatic N) is 2. The highest BCUT2D eigenvalue weighted by molar-refractivity contribution is 6.32. The number of nitrogens with one attached hydrogen (secondary N) is 1. The molecule has 2 atom stereocenters. The van der Waals surface area contributed by atoms with Crippen molar-refractivity contribution in [2.75, 3.05) is 19.7 Å². The lowest BCUT2D eigenvalue weighted by atomic mass is 10.0. The van der Waals surface area contributed by atoms with Gasteiger partial charge in [-0.1, -0.05) is 37.6 Å². The smallest absolute Gasteiger partial charge is 0.270 e. The molecule has 2 amide bonds. The van der Waals surface area contributed by atoms with Crippen LogP contribution >= 0.6 is 11.6 Å². The second-order valence-electron chi connectivity index (χ2n) is 9.32. The minimum absolute atomic E-state index is 0.0346. The molecule has 2 aliphatic rings. The van der Waals surface area contributed by atoms with Crippen LogP contribution in [-0.2, 0) is 19.1 Å². The minimum atomic E-state index is -0.766. The molecule has 190 valence electrons. The lowest BCUT2D eigenvalue weighted by Crippen LogP contribution is -2.43. The first kappa shape index (κ1) is 26.7. The number of amides is 2. The van der Waals surface area contributed by atoms with E-state index < -0.39 is 17.7 Å².